The maximum absolute atomic E-state index is 12.1. The summed E-state index contributed by atoms with van der Waals surface area (Å²) >= 11 is 0. The van der Waals surface area contributed by atoms with Gasteiger partial charge >= 0.3 is 10.4 Å². The molecule has 0 spiro atoms. The van der Waals surface area contributed by atoms with Crippen molar-refractivity contribution in [3.63, 3.8) is 0 Å². The molecular weight excluding hydrogens is 364 g/mol. The summed E-state index contributed by atoms with van der Waals surface area (Å²) in [5.41, 5.74) is 2.42. The van der Waals surface area contributed by atoms with Crippen molar-refractivity contribution >= 4 is 16.2 Å². The Labute approximate surface area is 162 Å². The molecule has 1 N–H and O–H groups in total. The van der Waals surface area contributed by atoms with Gasteiger partial charge in [0.25, 0.3) is 0 Å². The molecular formula is C21H30O5S. The number of Topliss-reactive ketones (excluding diaryl/α,β-unsaturated/α-hetero) is 1. The Hall–Kier alpha value is -0.980. The van der Waals surface area contributed by atoms with Crippen LogP contribution < -0.4 is 0 Å². The summed E-state index contributed by atoms with van der Waals surface area (Å²) in [6.07, 6.45) is 10.3. The Morgan fingerprint density at radius 3 is 2.48 bits per heavy atom. The number of rotatable bonds is 3. The molecule has 4 rings (SSSR count). The molecule has 27 heavy (non-hydrogen) atoms. The molecule has 0 aromatic rings. The van der Waals surface area contributed by atoms with Gasteiger partial charge in [0.15, 0.2) is 5.78 Å². The predicted molar refractivity (Wildman–Crippen MR) is 102 cm³/mol. The highest BCUT2D eigenvalue weighted by molar-refractivity contribution is 7.80. The van der Waals surface area contributed by atoms with Crippen LogP contribution in [0.5, 0.6) is 0 Å². The first-order valence-corrected chi connectivity index (χ1v) is 11.5. The Balaban J connectivity index is 1.59. The third-order valence-electron chi connectivity index (χ3n) is 8.28. The van der Waals surface area contributed by atoms with Gasteiger partial charge in [0.2, 0.25) is 0 Å². The molecule has 0 amide bonds. The van der Waals surface area contributed by atoms with Crippen molar-refractivity contribution in [2.75, 3.05) is 0 Å². The van der Waals surface area contributed by atoms with Crippen LogP contribution in [0.25, 0.3) is 0 Å². The van der Waals surface area contributed by atoms with E-state index in [2.05, 4.69) is 26.0 Å². The zero-order valence-corrected chi connectivity index (χ0v) is 17.2. The second kappa shape index (κ2) is 6.26. The summed E-state index contributed by atoms with van der Waals surface area (Å²) in [6.45, 7) is 6.31. The number of ketones is 1. The van der Waals surface area contributed by atoms with E-state index in [4.69, 9.17) is 8.74 Å². The summed E-state index contributed by atoms with van der Waals surface area (Å²) < 4.78 is 36.1. The van der Waals surface area contributed by atoms with Crippen LogP contribution in [-0.2, 0) is 19.4 Å². The standard InChI is InChI=1S/C21H30O5S/c1-13(22)17-6-7-18-16-5-4-14-12-15(26-27(23,24)25)8-10-20(14,2)19(16)9-11-21(17,18)3/h4,6,15-16,18-19H,5,7-12H2,1-3H3,(H,23,24,25)/t15-,16+,18+,19+,20+,21-/m1/s1. The fourth-order valence-electron chi connectivity index (χ4n) is 6.99. The number of carbonyl (C=O) groups is 1. The number of carbonyl (C=O) groups excluding carboxylic acids is 1. The summed E-state index contributed by atoms with van der Waals surface area (Å²) in [4.78, 5) is 12.1. The first-order chi connectivity index (χ1) is 12.5. The van der Waals surface area contributed by atoms with Crippen LogP contribution in [0, 0.1) is 28.6 Å². The average Bonchev–Trinajstić information content (AvgIpc) is 2.91. The van der Waals surface area contributed by atoms with Crippen molar-refractivity contribution in [1.82, 2.24) is 0 Å². The maximum Gasteiger partial charge on any atom is 0.397 e. The number of allylic oxidation sites excluding steroid dienone is 3. The lowest BCUT2D eigenvalue weighted by molar-refractivity contribution is -0.115. The van der Waals surface area contributed by atoms with Gasteiger partial charge in [-0.3, -0.25) is 9.35 Å². The molecule has 0 unspecified atom stereocenters. The van der Waals surface area contributed by atoms with E-state index in [0.717, 1.165) is 37.7 Å². The van der Waals surface area contributed by atoms with E-state index in [1.165, 1.54) is 5.57 Å². The van der Waals surface area contributed by atoms with Crippen molar-refractivity contribution in [2.24, 2.45) is 28.6 Å². The van der Waals surface area contributed by atoms with E-state index in [1.54, 1.807) is 6.92 Å². The fraction of sp³-hybridized carbons (Fsp3) is 0.762. The van der Waals surface area contributed by atoms with Gasteiger partial charge < -0.3 is 0 Å². The highest BCUT2D eigenvalue weighted by Gasteiger charge is 2.57. The molecule has 0 aliphatic heterocycles. The normalized spacial score (nSPS) is 43.9. The van der Waals surface area contributed by atoms with E-state index in [0.29, 0.717) is 30.6 Å². The van der Waals surface area contributed by atoms with Gasteiger partial charge in [-0.1, -0.05) is 31.6 Å². The van der Waals surface area contributed by atoms with Crippen LogP contribution >= 0.6 is 0 Å². The van der Waals surface area contributed by atoms with Gasteiger partial charge in [0.05, 0.1) is 6.10 Å². The maximum atomic E-state index is 12.1. The Kier molecular flexibility index (Phi) is 4.48. The molecule has 150 valence electrons. The molecule has 6 heteroatoms. The average molecular weight is 395 g/mol. The molecule has 0 saturated heterocycles. The van der Waals surface area contributed by atoms with Gasteiger partial charge in [-0.2, -0.15) is 8.42 Å². The summed E-state index contributed by atoms with van der Waals surface area (Å²) in [6, 6.07) is 0. The molecule has 0 bridgehead atoms. The predicted octanol–water partition coefficient (Wildman–Crippen LogP) is 4.26. The van der Waals surface area contributed by atoms with Crippen LogP contribution in [0.4, 0.5) is 0 Å². The van der Waals surface area contributed by atoms with E-state index >= 15 is 0 Å². The van der Waals surface area contributed by atoms with Crippen LogP contribution in [0.2, 0.25) is 0 Å². The molecule has 6 atom stereocenters. The monoisotopic (exact) mass is 394 g/mol. The van der Waals surface area contributed by atoms with E-state index in [-0.39, 0.29) is 16.6 Å². The van der Waals surface area contributed by atoms with Gasteiger partial charge in [-0.05, 0) is 86.0 Å². The molecule has 5 nitrogen and oxygen atoms in total. The second-order valence-electron chi connectivity index (χ2n) is 9.51. The largest absolute Gasteiger partial charge is 0.397 e. The molecule has 0 radical (unpaired) electrons. The van der Waals surface area contributed by atoms with Gasteiger partial charge in [0, 0.05) is 0 Å². The van der Waals surface area contributed by atoms with E-state index < -0.39 is 16.5 Å². The minimum atomic E-state index is -4.40. The molecule has 4 aliphatic rings. The SMILES string of the molecule is CC(=O)C1=CC[C@H]2[C@@H]3CC=C4C[C@H](OS(=O)(=O)O)CC[C@]4(C)[C@H]3CC[C@]12C. The summed E-state index contributed by atoms with van der Waals surface area (Å²) in [7, 11) is -4.40. The lowest BCUT2D eigenvalue weighted by atomic mass is 9.47. The zero-order chi connectivity index (χ0) is 19.6. The Bertz CT molecular complexity index is 826. The van der Waals surface area contributed by atoms with Crippen molar-refractivity contribution in [1.29, 1.82) is 0 Å². The molecule has 4 aliphatic carbocycles. The Morgan fingerprint density at radius 1 is 1.11 bits per heavy atom. The molecule has 2 saturated carbocycles. The van der Waals surface area contributed by atoms with Crippen LogP contribution in [0.15, 0.2) is 23.3 Å². The summed E-state index contributed by atoms with van der Waals surface area (Å²) in [5.74, 6) is 1.89. The second-order valence-corrected chi connectivity index (χ2v) is 10.6. The van der Waals surface area contributed by atoms with Crippen molar-refractivity contribution < 1.29 is 21.9 Å². The highest BCUT2D eigenvalue weighted by Crippen LogP contribution is 2.65. The smallest absolute Gasteiger partial charge is 0.295 e. The minimum absolute atomic E-state index is 0.0139. The topological polar surface area (TPSA) is 80.7 Å². The third kappa shape index (κ3) is 3.04. The number of hydrogen-bond donors (Lipinski definition) is 1. The summed E-state index contributed by atoms with van der Waals surface area (Å²) in [5, 5.41) is 0. The van der Waals surface area contributed by atoms with Gasteiger partial charge in [-0.15, -0.1) is 0 Å². The highest BCUT2D eigenvalue weighted by atomic mass is 32.3. The quantitative estimate of drug-likeness (QED) is 0.571. The first kappa shape index (κ1) is 19.3. The molecule has 0 heterocycles. The van der Waals surface area contributed by atoms with Crippen molar-refractivity contribution in [3.05, 3.63) is 23.3 Å². The molecule has 2 fully saturated rings. The lowest BCUT2D eigenvalue weighted by Gasteiger charge is -2.57. The van der Waals surface area contributed by atoms with Crippen LogP contribution in [-0.4, -0.2) is 24.9 Å². The lowest BCUT2D eigenvalue weighted by Crippen LogP contribution is -2.50. The molecule has 0 aromatic heterocycles. The molecule has 0 aromatic carbocycles. The van der Waals surface area contributed by atoms with Crippen LogP contribution in [0.1, 0.15) is 65.7 Å². The van der Waals surface area contributed by atoms with Crippen molar-refractivity contribution in [3.8, 4) is 0 Å². The first-order valence-electron chi connectivity index (χ1n) is 10.1. The van der Waals surface area contributed by atoms with Gasteiger partial charge in [0.1, 0.15) is 0 Å². The Morgan fingerprint density at radius 2 is 1.81 bits per heavy atom. The minimum Gasteiger partial charge on any atom is -0.295 e. The van der Waals surface area contributed by atoms with E-state index in [1.807, 2.05) is 0 Å². The van der Waals surface area contributed by atoms with Gasteiger partial charge in [-0.25, -0.2) is 4.18 Å². The fourth-order valence-corrected chi connectivity index (χ4v) is 7.50. The zero-order valence-electron chi connectivity index (χ0n) is 16.4. The number of hydrogen-bond acceptors (Lipinski definition) is 4. The number of fused-ring (bicyclic) bond motifs is 5. The van der Waals surface area contributed by atoms with Crippen LogP contribution in [0.3, 0.4) is 0 Å². The third-order valence-corrected chi connectivity index (χ3v) is 8.79. The van der Waals surface area contributed by atoms with E-state index in [9.17, 15) is 13.2 Å². The van der Waals surface area contributed by atoms with Crippen molar-refractivity contribution in [2.45, 2.75) is 71.8 Å².